The Morgan fingerprint density at radius 1 is 0.306 bits per heavy atom. The lowest BCUT2D eigenvalue weighted by molar-refractivity contribution is 0.669. The molecule has 10 rings (SSSR count). The van der Waals surface area contributed by atoms with Gasteiger partial charge in [-0.2, -0.15) is 0 Å². The summed E-state index contributed by atoms with van der Waals surface area (Å²) in [6.45, 7) is 0. The molecule has 0 N–H and O–H groups in total. The van der Waals surface area contributed by atoms with Crippen molar-refractivity contribution in [2.45, 2.75) is 0 Å². The second-order valence-corrected chi connectivity index (χ2v) is 12.5. The third-order valence-corrected chi connectivity index (χ3v) is 9.46. The van der Waals surface area contributed by atoms with Gasteiger partial charge in [0.15, 0.2) is 17.5 Å². The minimum absolute atomic E-state index is 0.623. The Kier molecular flexibility index (Phi) is 6.15. The molecule has 0 saturated heterocycles. The topological polar surface area (TPSA) is 51.8 Å². The minimum Gasteiger partial charge on any atom is -0.456 e. The predicted octanol–water partition coefficient (Wildman–Crippen LogP) is 11.9. The van der Waals surface area contributed by atoms with Crippen LogP contribution in [0.5, 0.6) is 0 Å². The number of aromatic nitrogens is 3. The molecule has 0 saturated carbocycles. The molecule has 0 amide bonds. The summed E-state index contributed by atoms with van der Waals surface area (Å²) >= 11 is 0. The number of hydrogen-bond acceptors (Lipinski definition) is 4. The molecule has 228 valence electrons. The van der Waals surface area contributed by atoms with E-state index >= 15 is 0 Å². The highest BCUT2D eigenvalue weighted by atomic mass is 16.3. The van der Waals surface area contributed by atoms with Crippen molar-refractivity contribution in [2.75, 3.05) is 0 Å². The van der Waals surface area contributed by atoms with Crippen LogP contribution in [0.1, 0.15) is 0 Å². The first-order valence-corrected chi connectivity index (χ1v) is 16.4. The lowest BCUT2D eigenvalue weighted by atomic mass is 9.94. The Labute approximate surface area is 282 Å². The molecule has 0 atom stereocenters. The maximum atomic E-state index is 6.30. The van der Waals surface area contributed by atoms with E-state index in [4.69, 9.17) is 19.4 Å². The van der Waals surface area contributed by atoms with E-state index in [2.05, 4.69) is 152 Å². The average Bonchev–Trinajstić information content (AvgIpc) is 3.55. The van der Waals surface area contributed by atoms with Crippen LogP contribution < -0.4 is 0 Å². The summed E-state index contributed by atoms with van der Waals surface area (Å²) in [5.41, 5.74) is 6.73. The molecule has 49 heavy (non-hydrogen) atoms. The number of fused-ring (bicyclic) bond motifs is 6. The maximum absolute atomic E-state index is 6.30. The van der Waals surface area contributed by atoms with E-state index in [-0.39, 0.29) is 0 Å². The molecule has 0 aliphatic rings. The maximum Gasteiger partial charge on any atom is 0.164 e. The molecule has 4 nitrogen and oxygen atoms in total. The van der Waals surface area contributed by atoms with Gasteiger partial charge < -0.3 is 4.42 Å². The first-order valence-electron chi connectivity index (χ1n) is 16.4. The van der Waals surface area contributed by atoms with Gasteiger partial charge in [0, 0.05) is 27.5 Å². The van der Waals surface area contributed by atoms with Gasteiger partial charge in [-0.25, -0.2) is 15.0 Å². The van der Waals surface area contributed by atoms with E-state index in [0.29, 0.717) is 17.5 Å². The Balaban J connectivity index is 1.19. The van der Waals surface area contributed by atoms with Gasteiger partial charge in [0.25, 0.3) is 0 Å². The molecule has 4 heteroatoms. The van der Waals surface area contributed by atoms with Gasteiger partial charge in [0.1, 0.15) is 11.2 Å². The van der Waals surface area contributed by atoms with Crippen LogP contribution in [-0.4, -0.2) is 15.0 Å². The number of rotatable bonds is 4. The van der Waals surface area contributed by atoms with Crippen molar-refractivity contribution in [3.63, 3.8) is 0 Å². The van der Waals surface area contributed by atoms with E-state index in [1.165, 1.54) is 10.8 Å². The highest BCUT2D eigenvalue weighted by Crippen LogP contribution is 2.38. The van der Waals surface area contributed by atoms with Gasteiger partial charge in [-0.1, -0.05) is 121 Å². The van der Waals surface area contributed by atoms with Gasteiger partial charge in [0.05, 0.1) is 0 Å². The summed E-state index contributed by atoms with van der Waals surface area (Å²) in [6.07, 6.45) is 0. The smallest absolute Gasteiger partial charge is 0.164 e. The molecule has 2 aromatic heterocycles. The van der Waals surface area contributed by atoms with E-state index in [1.54, 1.807) is 0 Å². The predicted molar refractivity (Wildman–Crippen MR) is 201 cm³/mol. The van der Waals surface area contributed by atoms with Gasteiger partial charge in [-0.3, -0.25) is 0 Å². The highest BCUT2D eigenvalue weighted by molar-refractivity contribution is 6.07. The molecule has 0 unspecified atom stereocenters. The summed E-state index contributed by atoms with van der Waals surface area (Å²) in [5.74, 6) is 1.90. The largest absolute Gasteiger partial charge is 0.456 e. The van der Waals surface area contributed by atoms with Crippen molar-refractivity contribution < 1.29 is 4.42 Å². The lowest BCUT2D eigenvalue weighted by Crippen LogP contribution is -2.00. The number of nitrogens with zero attached hydrogens (tertiary/aromatic N) is 3. The molecule has 0 aliphatic heterocycles. The standard InChI is InChI=1S/C45H27N3O/c1-3-11-30-23-34(19-17-28(30)9-1)43-46-44(35-20-18-29-10-2-4-12-31(29)24-35)48-45(47-43)36-25-32-13-5-6-14-37(32)40(26-36)33-21-22-39-38-15-7-8-16-41(38)49-42(39)27-33/h1-27H. The second kappa shape index (κ2) is 11.0. The molecule has 10 aromatic rings. The van der Waals surface area contributed by atoms with Crippen molar-refractivity contribution in [3.05, 3.63) is 164 Å². The Hall–Kier alpha value is -6.65. The molecule has 0 aliphatic carbocycles. The molecular formula is C45H27N3O. The molecule has 0 fully saturated rings. The fourth-order valence-electron chi connectivity index (χ4n) is 6.99. The second-order valence-electron chi connectivity index (χ2n) is 12.5. The lowest BCUT2D eigenvalue weighted by Gasteiger charge is -2.13. The van der Waals surface area contributed by atoms with Crippen molar-refractivity contribution in [3.8, 4) is 45.3 Å². The van der Waals surface area contributed by atoms with Crippen LogP contribution in [0.25, 0.3) is 99.5 Å². The third-order valence-electron chi connectivity index (χ3n) is 9.46. The van der Waals surface area contributed by atoms with Crippen LogP contribution in [-0.2, 0) is 0 Å². The zero-order chi connectivity index (χ0) is 32.3. The zero-order valence-electron chi connectivity index (χ0n) is 26.3. The van der Waals surface area contributed by atoms with Crippen LogP contribution in [0.2, 0.25) is 0 Å². The van der Waals surface area contributed by atoms with Gasteiger partial charge in [-0.15, -0.1) is 0 Å². The molecule has 8 aromatic carbocycles. The summed E-state index contributed by atoms with van der Waals surface area (Å²) in [4.78, 5) is 15.4. The van der Waals surface area contributed by atoms with Gasteiger partial charge >= 0.3 is 0 Å². The summed E-state index contributed by atoms with van der Waals surface area (Å²) < 4.78 is 6.30. The fourth-order valence-corrected chi connectivity index (χ4v) is 6.99. The quantitative estimate of drug-likeness (QED) is 0.195. The summed E-state index contributed by atoms with van der Waals surface area (Å²) in [5, 5.41) is 9.13. The van der Waals surface area contributed by atoms with E-state index in [0.717, 1.165) is 71.3 Å². The first-order chi connectivity index (χ1) is 24.2. The number of para-hydroxylation sites is 1. The van der Waals surface area contributed by atoms with Crippen molar-refractivity contribution in [2.24, 2.45) is 0 Å². The Bertz CT molecular complexity index is 2810. The summed E-state index contributed by atoms with van der Waals surface area (Å²) in [6, 6.07) is 57.1. The van der Waals surface area contributed by atoms with Crippen LogP contribution in [0.3, 0.4) is 0 Å². The van der Waals surface area contributed by atoms with Crippen molar-refractivity contribution >= 4 is 54.3 Å². The van der Waals surface area contributed by atoms with Gasteiger partial charge in [-0.05, 0) is 85.9 Å². The normalized spacial score (nSPS) is 11.7. The first kappa shape index (κ1) is 27.5. The average molecular weight is 626 g/mol. The number of benzene rings is 8. The molecule has 0 radical (unpaired) electrons. The van der Waals surface area contributed by atoms with Crippen LogP contribution in [0, 0.1) is 0 Å². The van der Waals surface area contributed by atoms with Crippen LogP contribution in [0.4, 0.5) is 0 Å². The van der Waals surface area contributed by atoms with Crippen molar-refractivity contribution in [1.29, 1.82) is 0 Å². The third kappa shape index (κ3) is 4.73. The van der Waals surface area contributed by atoms with Crippen LogP contribution in [0.15, 0.2) is 168 Å². The van der Waals surface area contributed by atoms with Crippen molar-refractivity contribution in [1.82, 2.24) is 15.0 Å². The Morgan fingerprint density at radius 3 is 1.47 bits per heavy atom. The Morgan fingerprint density at radius 2 is 0.796 bits per heavy atom. The minimum atomic E-state index is 0.623. The molecule has 0 spiro atoms. The molecular weight excluding hydrogens is 599 g/mol. The summed E-state index contributed by atoms with van der Waals surface area (Å²) in [7, 11) is 0. The fraction of sp³-hybridized carbons (Fsp3) is 0. The van der Waals surface area contributed by atoms with E-state index in [9.17, 15) is 0 Å². The zero-order valence-corrected chi connectivity index (χ0v) is 26.3. The molecule has 2 heterocycles. The highest BCUT2D eigenvalue weighted by Gasteiger charge is 2.17. The number of furan rings is 1. The van der Waals surface area contributed by atoms with Gasteiger partial charge in [0.2, 0.25) is 0 Å². The monoisotopic (exact) mass is 625 g/mol. The molecule has 0 bridgehead atoms. The van der Waals surface area contributed by atoms with E-state index < -0.39 is 0 Å². The number of hydrogen-bond donors (Lipinski definition) is 0. The van der Waals surface area contributed by atoms with Crippen LogP contribution >= 0.6 is 0 Å². The van der Waals surface area contributed by atoms with E-state index in [1.807, 2.05) is 12.1 Å². The SMILES string of the molecule is c1ccc2cc(-c3nc(-c4ccc5ccccc5c4)nc(-c4cc(-c5ccc6c(c5)oc5ccccc56)c5ccccc5c4)n3)ccc2c1.